The minimum absolute atomic E-state index is 0.0274. The molecule has 0 aliphatic carbocycles. The molecule has 1 atom stereocenters. The predicted octanol–water partition coefficient (Wildman–Crippen LogP) is 3.43. The van der Waals surface area contributed by atoms with Crippen molar-refractivity contribution in [3.63, 3.8) is 0 Å². The topological polar surface area (TPSA) is 45.7 Å². The molecular weight excluding hydrogens is 334 g/mol. The third kappa shape index (κ3) is 3.70. The quantitative estimate of drug-likeness (QED) is 0.839. The number of amides is 1. The molecule has 134 valence electrons. The summed E-state index contributed by atoms with van der Waals surface area (Å²) in [5, 5.41) is 1.04. The highest BCUT2D eigenvalue weighted by Crippen LogP contribution is 2.29. The zero-order valence-corrected chi connectivity index (χ0v) is 16.1. The van der Waals surface area contributed by atoms with Gasteiger partial charge in [-0.2, -0.15) is 0 Å². The first-order valence-electron chi connectivity index (χ1n) is 8.62. The molecule has 0 N–H and O–H groups in total. The van der Waals surface area contributed by atoms with E-state index in [-0.39, 0.29) is 11.9 Å². The molecule has 2 heterocycles. The van der Waals surface area contributed by atoms with Crippen LogP contribution in [0.1, 0.15) is 38.9 Å². The van der Waals surface area contributed by atoms with Crippen LogP contribution >= 0.6 is 11.3 Å². The molecule has 2 aromatic rings. The molecule has 25 heavy (non-hydrogen) atoms. The number of carbonyl (C=O) groups excluding carboxylic acids is 1. The molecule has 1 fully saturated rings. The summed E-state index contributed by atoms with van der Waals surface area (Å²) < 4.78 is 5.44. The van der Waals surface area contributed by atoms with Gasteiger partial charge in [-0.05, 0) is 32.9 Å². The SMILES string of the molecule is Cc1nc(C(C)N(C)C(=O)c2ccccc2N2CCOCC2)c(C)s1. The van der Waals surface area contributed by atoms with Crippen molar-refractivity contribution < 1.29 is 9.53 Å². The average Bonchev–Trinajstić information content (AvgIpc) is 2.98. The highest BCUT2D eigenvalue weighted by molar-refractivity contribution is 7.11. The van der Waals surface area contributed by atoms with Crippen LogP contribution in [-0.4, -0.2) is 49.1 Å². The molecule has 1 unspecified atom stereocenters. The van der Waals surface area contributed by atoms with E-state index >= 15 is 0 Å². The first-order chi connectivity index (χ1) is 12.0. The number of ether oxygens (including phenoxy) is 1. The van der Waals surface area contributed by atoms with E-state index < -0.39 is 0 Å². The molecule has 1 aromatic carbocycles. The molecule has 5 nitrogen and oxygen atoms in total. The van der Waals surface area contributed by atoms with E-state index in [1.165, 1.54) is 4.88 Å². The van der Waals surface area contributed by atoms with Crippen molar-refractivity contribution in [2.24, 2.45) is 0 Å². The van der Waals surface area contributed by atoms with Gasteiger partial charge < -0.3 is 14.5 Å². The number of anilines is 1. The van der Waals surface area contributed by atoms with Crippen molar-refractivity contribution in [1.82, 2.24) is 9.88 Å². The van der Waals surface area contributed by atoms with Crippen LogP contribution in [0.4, 0.5) is 5.69 Å². The molecule has 1 aliphatic heterocycles. The van der Waals surface area contributed by atoms with E-state index in [2.05, 4.69) is 16.8 Å². The van der Waals surface area contributed by atoms with Crippen molar-refractivity contribution in [2.45, 2.75) is 26.8 Å². The van der Waals surface area contributed by atoms with Crippen LogP contribution in [0.5, 0.6) is 0 Å². The number of morpholine rings is 1. The Kier molecular flexibility index (Phi) is 5.39. The van der Waals surface area contributed by atoms with Gasteiger partial charge in [0.25, 0.3) is 5.91 Å². The van der Waals surface area contributed by atoms with Gasteiger partial charge in [0.05, 0.1) is 35.5 Å². The fraction of sp³-hybridized carbons (Fsp3) is 0.474. The molecule has 0 radical (unpaired) electrons. The number of rotatable bonds is 4. The van der Waals surface area contributed by atoms with Crippen LogP contribution in [0, 0.1) is 13.8 Å². The summed E-state index contributed by atoms with van der Waals surface area (Å²) in [5.41, 5.74) is 2.71. The smallest absolute Gasteiger partial charge is 0.256 e. The molecular formula is C19H25N3O2S. The van der Waals surface area contributed by atoms with E-state index in [1.807, 2.05) is 45.2 Å². The average molecular weight is 359 g/mol. The van der Waals surface area contributed by atoms with E-state index in [0.717, 1.165) is 35.0 Å². The highest BCUT2D eigenvalue weighted by atomic mass is 32.1. The van der Waals surface area contributed by atoms with Gasteiger partial charge in [0.1, 0.15) is 0 Å². The number of aryl methyl sites for hydroxylation is 2. The Morgan fingerprint density at radius 1 is 1.28 bits per heavy atom. The van der Waals surface area contributed by atoms with Crippen LogP contribution in [0.15, 0.2) is 24.3 Å². The van der Waals surface area contributed by atoms with Gasteiger partial charge in [-0.1, -0.05) is 12.1 Å². The molecule has 0 saturated carbocycles. The van der Waals surface area contributed by atoms with Crippen molar-refractivity contribution in [3.05, 3.63) is 45.4 Å². The van der Waals surface area contributed by atoms with Gasteiger partial charge in [-0.3, -0.25) is 4.79 Å². The number of thiazole rings is 1. The Balaban J connectivity index is 1.86. The molecule has 6 heteroatoms. The summed E-state index contributed by atoms with van der Waals surface area (Å²) in [6.07, 6.45) is 0. The first-order valence-corrected chi connectivity index (χ1v) is 9.43. The minimum Gasteiger partial charge on any atom is -0.378 e. The summed E-state index contributed by atoms with van der Waals surface area (Å²) in [7, 11) is 1.86. The van der Waals surface area contributed by atoms with Gasteiger partial charge in [-0.25, -0.2) is 4.98 Å². The lowest BCUT2D eigenvalue weighted by atomic mass is 10.1. The zero-order valence-electron chi connectivity index (χ0n) is 15.3. The number of aromatic nitrogens is 1. The lowest BCUT2D eigenvalue weighted by Crippen LogP contribution is -2.38. The molecule has 1 aromatic heterocycles. The van der Waals surface area contributed by atoms with Gasteiger partial charge in [0.15, 0.2) is 0 Å². The van der Waals surface area contributed by atoms with Crippen molar-refractivity contribution in [2.75, 3.05) is 38.3 Å². The van der Waals surface area contributed by atoms with Crippen LogP contribution in [0.3, 0.4) is 0 Å². The third-order valence-electron chi connectivity index (χ3n) is 4.72. The molecule has 1 aliphatic rings. The fourth-order valence-electron chi connectivity index (χ4n) is 3.22. The Bertz CT molecular complexity index is 753. The number of para-hydroxylation sites is 1. The Morgan fingerprint density at radius 3 is 2.60 bits per heavy atom. The molecule has 0 spiro atoms. The van der Waals surface area contributed by atoms with Gasteiger partial charge in [0.2, 0.25) is 0 Å². The number of carbonyl (C=O) groups is 1. The van der Waals surface area contributed by atoms with Crippen LogP contribution in [-0.2, 0) is 4.74 Å². The lowest BCUT2D eigenvalue weighted by molar-refractivity contribution is 0.0739. The van der Waals surface area contributed by atoms with Crippen LogP contribution in [0.2, 0.25) is 0 Å². The maximum absolute atomic E-state index is 13.2. The summed E-state index contributed by atoms with van der Waals surface area (Å²) in [5.74, 6) is 0.0274. The maximum Gasteiger partial charge on any atom is 0.256 e. The fourth-order valence-corrected chi connectivity index (χ4v) is 4.12. The summed E-state index contributed by atoms with van der Waals surface area (Å²) in [4.78, 5) is 23.0. The number of hydrogen-bond acceptors (Lipinski definition) is 5. The first kappa shape index (κ1) is 17.9. The standard InChI is InChI=1S/C19H25N3O2S/c1-13(18-14(2)25-15(3)20-18)21(4)19(23)16-7-5-6-8-17(16)22-9-11-24-12-10-22/h5-8,13H,9-12H2,1-4H3. The largest absolute Gasteiger partial charge is 0.378 e. The van der Waals surface area contributed by atoms with Crippen LogP contribution in [0.25, 0.3) is 0 Å². The molecule has 1 amide bonds. The van der Waals surface area contributed by atoms with E-state index in [1.54, 1.807) is 16.2 Å². The predicted molar refractivity (Wildman–Crippen MR) is 102 cm³/mol. The number of benzene rings is 1. The second-order valence-corrected chi connectivity index (χ2v) is 7.79. The second kappa shape index (κ2) is 7.54. The second-order valence-electron chi connectivity index (χ2n) is 6.38. The minimum atomic E-state index is -0.0600. The molecule has 1 saturated heterocycles. The van der Waals surface area contributed by atoms with Crippen molar-refractivity contribution in [3.8, 4) is 0 Å². The summed E-state index contributed by atoms with van der Waals surface area (Å²) in [6, 6.07) is 7.78. The summed E-state index contributed by atoms with van der Waals surface area (Å²) in [6.45, 7) is 9.14. The van der Waals surface area contributed by atoms with E-state index in [0.29, 0.717) is 13.2 Å². The highest BCUT2D eigenvalue weighted by Gasteiger charge is 2.26. The number of hydrogen-bond donors (Lipinski definition) is 0. The normalized spacial score (nSPS) is 15.9. The van der Waals surface area contributed by atoms with Crippen LogP contribution < -0.4 is 4.90 Å². The zero-order chi connectivity index (χ0) is 18.0. The van der Waals surface area contributed by atoms with Gasteiger partial charge in [-0.15, -0.1) is 11.3 Å². The summed E-state index contributed by atoms with van der Waals surface area (Å²) >= 11 is 1.68. The Morgan fingerprint density at radius 2 is 1.96 bits per heavy atom. The third-order valence-corrected chi connectivity index (χ3v) is 5.62. The molecule has 0 bridgehead atoms. The van der Waals surface area contributed by atoms with Crippen molar-refractivity contribution >= 4 is 22.9 Å². The van der Waals surface area contributed by atoms with Gasteiger partial charge >= 0.3 is 0 Å². The van der Waals surface area contributed by atoms with E-state index in [4.69, 9.17) is 4.74 Å². The molecule has 3 rings (SSSR count). The van der Waals surface area contributed by atoms with E-state index in [9.17, 15) is 4.79 Å². The monoisotopic (exact) mass is 359 g/mol. The Hall–Kier alpha value is -1.92. The van der Waals surface area contributed by atoms with Gasteiger partial charge in [0, 0.05) is 30.7 Å². The lowest BCUT2D eigenvalue weighted by Gasteiger charge is -2.32. The Labute approximate surface area is 153 Å². The van der Waals surface area contributed by atoms with Crippen molar-refractivity contribution in [1.29, 1.82) is 0 Å². The maximum atomic E-state index is 13.2. The number of nitrogens with zero attached hydrogens (tertiary/aromatic N) is 3.